The number of hydrogen-bond donors (Lipinski definition) is 1. The topological polar surface area (TPSA) is 69.7 Å². The highest BCUT2D eigenvalue weighted by atomic mass is 35.5. The SMILES string of the molecule is CN1C(=O)[C@@H]2[C@H](Cc3ccccc3)N[C@]3(C(=O)N(Cc4ccccc4Cl)c4ccccc43)[C@@H]2C1=O. The highest BCUT2D eigenvalue weighted by Gasteiger charge is 2.71. The number of halogens is 1. The van der Waals surface area contributed by atoms with Gasteiger partial charge in [0.05, 0.1) is 18.4 Å². The van der Waals surface area contributed by atoms with Crippen LogP contribution in [0.4, 0.5) is 5.69 Å². The van der Waals surface area contributed by atoms with Crippen LogP contribution in [0, 0.1) is 11.8 Å². The molecule has 0 aliphatic carbocycles. The van der Waals surface area contributed by atoms with Crippen LogP contribution >= 0.6 is 11.6 Å². The van der Waals surface area contributed by atoms with Crippen molar-refractivity contribution in [1.29, 1.82) is 0 Å². The van der Waals surface area contributed by atoms with Crippen LogP contribution < -0.4 is 10.2 Å². The van der Waals surface area contributed by atoms with Gasteiger partial charge in [0.1, 0.15) is 5.54 Å². The Bertz CT molecular complexity index is 1360. The Kier molecular flexibility index (Phi) is 5.06. The van der Waals surface area contributed by atoms with E-state index in [2.05, 4.69) is 5.32 Å². The minimum atomic E-state index is -1.31. The van der Waals surface area contributed by atoms with Crippen LogP contribution in [-0.4, -0.2) is 35.7 Å². The lowest BCUT2D eigenvalue weighted by molar-refractivity contribution is -0.141. The van der Waals surface area contributed by atoms with Gasteiger partial charge in [0.2, 0.25) is 11.8 Å². The normalized spacial score (nSPS) is 27.1. The molecule has 1 N–H and O–H groups in total. The molecule has 7 heteroatoms. The number of benzene rings is 3. The van der Waals surface area contributed by atoms with Crippen molar-refractivity contribution in [3.05, 3.63) is 101 Å². The molecule has 35 heavy (non-hydrogen) atoms. The largest absolute Gasteiger partial charge is 0.306 e. The number of rotatable bonds is 4. The Balaban J connectivity index is 1.47. The van der Waals surface area contributed by atoms with E-state index in [4.69, 9.17) is 11.6 Å². The van der Waals surface area contributed by atoms with E-state index in [1.54, 1.807) is 11.0 Å². The first-order chi connectivity index (χ1) is 16.9. The first-order valence-electron chi connectivity index (χ1n) is 11.7. The van der Waals surface area contributed by atoms with Gasteiger partial charge in [-0.3, -0.25) is 24.6 Å². The highest BCUT2D eigenvalue weighted by molar-refractivity contribution is 6.31. The first-order valence-corrected chi connectivity index (χ1v) is 12.1. The summed E-state index contributed by atoms with van der Waals surface area (Å²) in [6.45, 7) is 0.275. The third-order valence-electron chi connectivity index (χ3n) is 7.67. The Morgan fingerprint density at radius 1 is 0.886 bits per heavy atom. The Morgan fingerprint density at radius 2 is 1.57 bits per heavy atom. The van der Waals surface area contributed by atoms with Crippen LogP contribution in [0.15, 0.2) is 78.9 Å². The monoisotopic (exact) mass is 485 g/mol. The molecule has 3 aromatic carbocycles. The molecule has 2 fully saturated rings. The van der Waals surface area contributed by atoms with Gasteiger partial charge in [-0.2, -0.15) is 0 Å². The molecule has 176 valence electrons. The second-order valence-corrected chi connectivity index (χ2v) is 9.89. The predicted octanol–water partition coefficient (Wildman–Crippen LogP) is 3.53. The molecule has 2 saturated heterocycles. The summed E-state index contributed by atoms with van der Waals surface area (Å²) >= 11 is 6.43. The summed E-state index contributed by atoms with van der Waals surface area (Å²) in [6, 6.07) is 24.5. The van der Waals surface area contributed by atoms with E-state index in [0.717, 1.165) is 22.4 Å². The maximum Gasteiger partial charge on any atom is 0.253 e. The van der Waals surface area contributed by atoms with Crippen LogP contribution in [0.3, 0.4) is 0 Å². The molecule has 0 saturated carbocycles. The minimum Gasteiger partial charge on any atom is -0.306 e. The number of hydrogen-bond acceptors (Lipinski definition) is 4. The highest BCUT2D eigenvalue weighted by Crippen LogP contribution is 2.55. The lowest BCUT2D eigenvalue weighted by atomic mass is 9.76. The number of imide groups is 1. The Labute approximate surface area is 208 Å². The van der Waals surface area contributed by atoms with Gasteiger partial charge in [-0.15, -0.1) is 0 Å². The van der Waals surface area contributed by atoms with Crippen molar-refractivity contribution in [2.24, 2.45) is 11.8 Å². The third kappa shape index (κ3) is 3.10. The number of carbonyl (C=O) groups is 3. The number of nitrogens with one attached hydrogen (secondary N) is 1. The molecule has 3 aliphatic heterocycles. The van der Waals surface area contributed by atoms with Crippen LogP contribution in [-0.2, 0) is 32.9 Å². The van der Waals surface area contributed by atoms with Crippen molar-refractivity contribution in [3.63, 3.8) is 0 Å². The summed E-state index contributed by atoms with van der Waals surface area (Å²) in [5, 5.41) is 4.12. The average molecular weight is 486 g/mol. The molecule has 1 spiro atoms. The summed E-state index contributed by atoms with van der Waals surface area (Å²) in [7, 11) is 1.52. The van der Waals surface area contributed by atoms with E-state index >= 15 is 0 Å². The molecule has 3 aliphatic rings. The van der Waals surface area contributed by atoms with Gasteiger partial charge in [-0.1, -0.05) is 78.3 Å². The summed E-state index contributed by atoms with van der Waals surface area (Å²) in [5.41, 5.74) is 2.02. The molecular formula is C28H24ClN3O3. The molecule has 3 aromatic rings. The maximum atomic E-state index is 14.3. The van der Waals surface area contributed by atoms with Crippen molar-refractivity contribution in [2.75, 3.05) is 11.9 Å². The standard InChI is InChI=1S/C28H24ClN3O3/c1-31-25(33)23-21(15-17-9-3-2-4-10-17)30-28(24(23)26(31)34)19-12-6-8-14-22(19)32(27(28)35)16-18-11-5-7-13-20(18)29/h2-14,21,23-24,30H,15-16H2,1H3/t21-,23+,24-,28-/m0/s1. The van der Waals surface area contributed by atoms with Crippen LogP contribution in [0.1, 0.15) is 16.7 Å². The number of amides is 3. The van der Waals surface area contributed by atoms with Gasteiger partial charge < -0.3 is 4.90 Å². The molecule has 0 aromatic heterocycles. The van der Waals surface area contributed by atoms with Gasteiger partial charge in [0, 0.05) is 29.4 Å². The summed E-state index contributed by atoms with van der Waals surface area (Å²) in [6.07, 6.45) is 0.538. The van der Waals surface area contributed by atoms with Crippen molar-refractivity contribution < 1.29 is 14.4 Å². The van der Waals surface area contributed by atoms with Gasteiger partial charge in [-0.05, 0) is 29.7 Å². The quantitative estimate of drug-likeness (QED) is 0.574. The molecule has 0 unspecified atom stereocenters. The molecular weight excluding hydrogens is 462 g/mol. The zero-order chi connectivity index (χ0) is 24.3. The first kappa shape index (κ1) is 22.0. The molecule has 6 nitrogen and oxygen atoms in total. The van der Waals surface area contributed by atoms with E-state index in [1.807, 2.05) is 72.8 Å². The van der Waals surface area contributed by atoms with Gasteiger partial charge >= 0.3 is 0 Å². The lowest BCUT2D eigenvalue weighted by Crippen LogP contribution is -2.55. The van der Waals surface area contributed by atoms with E-state index < -0.39 is 17.4 Å². The van der Waals surface area contributed by atoms with Gasteiger partial charge in [0.15, 0.2) is 0 Å². The summed E-state index contributed by atoms with van der Waals surface area (Å²) in [5.74, 6) is -2.20. The van der Waals surface area contributed by atoms with Gasteiger partial charge in [-0.25, -0.2) is 0 Å². The zero-order valence-corrected chi connectivity index (χ0v) is 19.9. The number of anilines is 1. The zero-order valence-electron chi connectivity index (χ0n) is 19.1. The van der Waals surface area contributed by atoms with Crippen LogP contribution in [0.2, 0.25) is 5.02 Å². The average Bonchev–Trinajstić information content (AvgIpc) is 3.41. The molecule has 6 rings (SSSR count). The van der Waals surface area contributed by atoms with Crippen LogP contribution in [0.25, 0.3) is 0 Å². The van der Waals surface area contributed by atoms with Crippen molar-refractivity contribution in [2.45, 2.75) is 24.5 Å². The Hall–Kier alpha value is -3.48. The Morgan fingerprint density at radius 3 is 2.34 bits per heavy atom. The van der Waals surface area contributed by atoms with Crippen molar-refractivity contribution in [3.8, 4) is 0 Å². The van der Waals surface area contributed by atoms with E-state index in [9.17, 15) is 14.4 Å². The van der Waals surface area contributed by atoms with E-state index in [0.29, 0.717) is 11.4 Å². The second-order valence-electron chi connectivity index (χ2n) is 9.49. The molecule has 3 heterocycles. The lowest BCUT2D eigenvalue weighted by Gasteiger charge is -2.30. The summed E-state index contributed by atoms with van der Waals surface area (Å²) in [4.78, 5) is 44.0. The van der Waals surface area contributed by atoms with Crippen LogP contribution in [0.5, 0.6) is 0 Å². The fraction of sp³-hybridized carbons (Fsp3) is 0.250. The van der Waals surface area contributed by atoms with E-state index in [-0.39, 0.29) is 30.3 Å². The van der Waals surface area contributed by atoms with Gasteiger partial charge in [0.25, 0.3) is 5.91 Å². The molecule has 4 atom stereocenters. The third-order valence-corrected chi connectivity index (χ3v) is 8.04. The number of likely N-dealkylation sites (tertiary alicyclic amines) is 1. The fourth-order valence-electron chi connectivity index (χ4n) is 6.09. The van der Waals surface area contributed by atoms with Crippen molar-refractivity contribution >= 4 is 35.0 Å². The molecule has 0 radical (unpaired) electrons. The minimum absolute atomic E-state index is 0.222. The fourth-order valence-corrected chi connectivity index (χ4v) is 6.28. The van der Waals surface area contributed by atoms with Crippen molar-refractivity contribution in [1.82, 2.24) is 10.2 Å². The number of fused-ring (bicyclic) bond motifs is 4. The molecule has 3 amide bonds. The number of carbonyl (C=O) groups excluding carboxylic acids is 3. The molecule has 0 bridgehead atoms. The summed E-state index contributed by atoms with van der Waals surface area (Å²) < 4.78 is 0. The number of para-hydroxylation sites is 1. The smallest absolute Gasteiger partial charge is 0.253 e. The van der Waals surface area contributed by atoms with E-state index in [1.165, 1.54) is 11.9 Å². The predicted molar refractivity (Wildman–Crippen MR) is 133 cm³/mol. The maximum absolute atomic E-state index is 14.3. The number of nitrogens with zero attached hydrogens (tertiary/aromatic N) is 2. The second kappa shape index (κ2) is 8.04.